The van der Waals surface area contributed by atoms with Gasteiger partial charge in [-0.25, -0.2) is 18.5 Å². The van der Waals surface area contributed by atoms with Crippen molar-refractivity contribution in [2.24, 2.45) is 0 Å². The average molecular weight is 407 g/mol. The van der Waals surface area contributed by atoms with E-state index in [-0.39, 0.29) is 23.9 Å². The third-order valence-corrected chi connectivity index (χ3v) is 5.04. The third kappa shape index (κ3) is 3.88. The van der Waals surface area contributed by atoms with Crippen LogP contribution in [0.25, 0.3) is 5.69 Å². The predicted molar refractivity (Wildman–Crippen MR) is 107 cm³/mol. The quantitative estimate of drug-likeness (QED) is 0.706. The number of halogens is 2. The molecule has 0 unspecified atom stereocenters. The Bertz CT molecular complexity index is 988. The SMILES string of the molecule is CCn1c(C2CCNCC2)nn(Cc2cnn(-c3ccccc3F)c2)c1=O.Cl. The van der Waals surface area contributed by atoms with E-state index in [9.17, 15) is 9.18 Å². The van der Waals surface area contributed by atoms with Crippen LogP contribution >= 0.6 is 12.4 Å². The van der Waals surface area contributed by atoms with E-state index in [2.05, 4.69) is 15.5 Å². The van der Waals surface area contributed by atoms with E-state index >= 15 is 0 Å². The summed E-state index contributed by atoms with van der Waals surface area (Å²) in [7, 11) is 0. The molecule has 9 heteroatoms. The van der Waals surface area contributed by atoms with Crippen molar-refractivity contribution in [3.63, 3.8) is 0 Å². The smallest absolute Gasteiger partial charge is 0.317 e. The van der Waals surface area contributed by atoms with Gasteiger partial charge in [0.1, 0.15) is 17.3 Å². The Balaban J connectivity index is 0.00000225. The summed E-state index contributed by atoms with van der Waals surface area (Å²) >= 11 is 0. The third-order valence-electron chi connectivity index (χ3n) is 5.04. The molecule has 150 valence electrons. The number of aromatic nitrogens is 5. The number of rotatable bonds is 5. The Kier molecular flexibility index (Phi) is 6.31. The molecular formula is C19H24ClFN6O. The van der Waals surface area contributed by atoms with Crippen molar-refractivity contribution in [2.75, 3.05) is 13.1 Å². The highest BCUT2D eigenvalue weighted by molar-refractivity contribution is 5.85. The van der Waals surface area contributed by atoms with E-state index in [1.54, 1.807) is 35.2 Å². The van der Waals surface area contributed by atoms with Gasteiger partial charge in [-0.05, 0) is 45.0 Å². The zero-order valence-electron chi connectivity index (χ0n) is 15.7. The lowest BCUT2D eigenvalue weighted by Gasteiger charge is -2.21. The highest BCUT2D eigenvalue weighted by Crippen LogP contribution is 2.22. The standard InChI is InChI=1S/C19H23FN6O.ClH/c1-2-24-18(15-7-9-21-10-8-15)23-26(19(24)27)13-14-11-22-25(12-14)17-6-4-3-5-16(17)20;/h3-6,11-12,15,21H,2,7-10,13H2,1H3;1H. The number of hydrogen-bond donors (Lipinski definition) is 1. The van der Waals surface area contributed by atoms with Gasteiger partial charge in [0.25, 0.3) is 0 Å². The van der Waals surface area contributed by atoms with Crippen LogP contribution in [-0.4, -0.2) is 37.2 Å². The van der Waals surface area contributed by atoms with Gasteiger partial charge in [-0.3, -0.25) is 4.57 Å². The van der Waals surface area contributed by atoms with Gasteiger partial charge in [-0.2, -0.15) is 10.2 Å². The van der Waals surface area contributed by atoms with E-state index in [0.29, 0.717) is 24.7 Å². The number of nitrogens with zero attached hydrogens (tertiary/aromatic N) is 5. The molecule has 28 heavy (non-hydrogen) atoms. The van der Waals surface area contributed by atoms with Gasteiger partial charge in [-0.1, -0.05) is 12.1 Å². The molecule has 0 bridgehead atoms. The molecule has 3 aromatic rings. The second kappa shape index (κ2) is 8.70. The summed E-state index contributed by atoms with van der Waals surface area (Å²) in [6, 6.07) is 6.47. The first-order chi connectivity index (χ1) is 13.2. The molecule has 7 nitrogen and oxygen atoms in total. The first kappa shape index (κ1) is 20.3. The van der Waals surface area contributed by atoms with Crippen LogP contribution in [0.3, 0.4) is 0 Å². The van der Waals surface area contributed by atoms with Crippen LogP contribution in [0, 0.1) is 5.82 Å². The van der Waals surface area contributed by atoms with Crippen molar-refractivity contribution in [3.8, 4) is 5.69 Å². The number of benzene rings is 1. The molecular weight excluding hydrogens is 383 g/mol. The number of para-hydroxylation sites is 1. The normalized spacial score (nSPS) is 14.8. The van der Waals surface area contributed by atoms with E-state index in [4.69, 9.17) is 0 Å². The summed E-state index contributed by atoms with van der Waals surface area (Å²) in [6.45, 7) is 4.79. The number of hydrogen-bond acceptors (Lipinski definition) is 4. The Labute approximate surface area is 168 Å². The second-order valence-corrected chi connectivity index (χ2v) is 6.81. The molecule has 0 radical (unpaired) electrons. The van der Waals surface area contributed by atoms with Crippen LogP contribution in [0.15, 0.2) is 41.5 Å². The fourth-order valence-corrected chi connectivity index (χ4v) is 3.62. The number of nitrogens with one attached hydrogen (secondary N) is 1. The van der Waals surface area contributed by atoms with E-state index in [0.717, 1.165) is 37.3 Å². The van der Waals surface area contributed by atoms with Crippen molar-refractivity contribution in [3.05, 3.63) is 64.3 Å². The summed E-state index contributed by atoms with van der Waals surface area (Å²) in [5, 5.41) is 12.2. The van der Waals surface area contributed by atoms with Gasteiger partial charge >= 0.3 is 5.69 Å². The van der Waals surface area contributed by atoms with Gasteiger partial charge in [0, 0.05) is 24.2 Å². The molecule has 1 N–H and O–H groups in total. The van der Waals surface area contributed by atoms with Crippen molar-refractivity contribution >= 4 is 12.4 Å². The second-order valence-electron chi connectivity index (χ2n) is 6.81. The first-order valence-corrected chi connectivity index (χ1v) is 9.34. The minimum atomic E-state index is -0.340. The van der Waals surface area contributed by atoms with Gasteiger partial charge in [0.15, 0.2) is 0 Å². The van der Waals surface area contributed by atoms with Gasteiger partial charge in [-0.15, -0.1) is 12.4 Å². The van der Waals surface area contributed by atoms with Crippen molar-refractivity contribution in [2.45, 2.75) is 38.8 Å². The van der Waals surface area contributed by atoms with E-state index in [1.807, 2.05) is 6.92 Å². The lowest BCUT2D eigenvalue weighted by atomic mass is 9.97. The molecule has 1 aliphatic heterocycles. The molecule has 0 saturated carbocycles. The largest absolute Gasteiger partial charge is 0.346 e. The van der Waals surface area contributed by atoms with Gasteiger partial charge in [0.2, 0.25) is 0 Å². The topological polar surface area (TPSA) is 69.7 Å². The van der Waals surface area contributed by atoms with Crippen molar-refractivity contribution in [1.82, 2.24) is 29.4 Å². The van der Waals surface area contributed by atoms with Crippen LogP contribution in [-0.2, 0) is 13.1 Å². The molecule has 1 fully saturated rings. The van der Waals surface area contributed by atoms with E-state index in [1.165, 1.54) is 15.4 Å². The average Bonchev–Trinajstić information content (AvgIpc) is 3.28. The van der Waals surface area contributed by atoms with Gasteiger partial charge in [0.05, 0.1) is 12.7 Å². The van der Waals surface area contributed by atoms with Gasteiger partial charge < -0.3 is 5.32 Å². The molecule has 2 aromatic heterocycles. The zero-order chi connectivity index (χ0) is 18.8. The minimum Gasteiger partial charge on any atom is -0.317 e. The predicted octanol–water partition coefficient (Wildman–Crippen LogP) is 2.33. The maximum absolute atomic E-state index is 13.9. The van der Waals surface area contributed by atoms with Crippen LogP contribution in [0.2, 0.25) is 0 Å². The fourth-order valence-electron chi connectivity index (χ4n) is 3.62. The highest BCUT2D eigenvalue weighted by atomic mass is 35.5. The zero-order valence-corrected chi connectivity index (χ0v) is 16.5. The van der Waals surface area contributed by atoms with Crippen LogP contribution in [0.4, 0.5) is 4.39 Å². The summed E-state index contributed by atoms with van der Waals surface area (Å²) in [5.41, 5.74) is 1.08. The van der Waals surface area contributed by atoms with Crippen LogP contribution in [0.5, 0.6) is 0 Å². The fraction of sp³-hybridized carbons (Fsp3) is 0.421. The molecule has 0 atom stereocenters. The van der Waals surface area contributed by atoms with Crippen molar-refractivity contribution in [1.29, 1.82) is 0 Å². The Morgan fingerprint density at radius 3 is 2.71 bits per heavy atom. The number of piperidine rings is 1. The first-order valence-electron chi connectivity index (χ1n) is 9.34. The summed E-state index contributed by atoms with van der Waals surface area (Å²) < 4.78 is 18.7. The molecule has 1 aliphatic rings. The Hall–Kier alpha value is -2.45. The molecule has 0 spiro atoms. The monoisotopic (exact) mass is 406 g/mol. The van der Waals surface area contributed by atoms with E-state index < -0.39 is 0 Å². The maximum Gasteiger partial charge on any atom is 0.346 e. The summed E-state index contributed by atoms with van der Waals surface area (Å²) in [5.74, 6) is 0.833. The Morgan fingerprint density at radius 2 is 2.00 bits per heavy atom. The molecule has 3 heterocycles. The minimum absolute atomic E-state index is 0. The van der Waals surface area contributed by atoms with Crippen LogP contribution in [0.1, 0.15) is 37.1 Å². The molecule has 1 saturated heterocycles. The van der Waals surface area contributed by atoms with Crippen molar-refractivity contribution < 1.29 is 4.39 Å². The molecule has 0 amide bonds. The summed E-state index contributed by atoms with van der Waals surface area (Å²) in [4.78, 5) is 12.8. The molecule has 4 rings (SSSR count). The highest BCUT2D eigenvalue weighted by Gasteiger charge is 2.23. The lowest BCUT2D eigenvalue weighted by molar-refractivity contribution is 0.429. The molecule has 1 aromatic carbocycles. The lowest BCUT2D eigenvalue weighted by Crippen LogP contribution is -2.29. The summed E-state index contributed by atoms with van der Waals surface area (Å²) in [6.07, 6.45) is 5.36. The molecule has 0 aliphatic carbocycles. The maximum atomic E-state index is 13.9. The Morgan fingerprint density at radius 1 is 1.25 bits per heavy atom. The van der Waals surface area contributed by atoms with Crippen LogP contribution < -0.4 is 11.0 Å².